The van der Waals surface area contributed by atoms with Crippen LogP contribution in [-0.4, -0.2) is 32.5 Å². The molecule has 0 unspecified atom stereocenters. The number of halogens is 4. The second-order valence-corrected chi connectivity index (χ2v) is 6.10. The fourth-order valence-electron chi connectivity index (χ4n) is 1.63. The normalized spacial score (nSPS) is 12.4. The van der Waals surface area contributed by atoms with Gasteiger partial charge in [0.05, 0.1) is 17.4 Å². The molecular formula is C12H12F4N2O2S. The molecule has 4 nitrogen and oxygen atoms in total. The monoisotopic (exact) mass is 324 g/mol. The predicted molar refractivity (Wildman–Crippen MR) is 67.2 cm³/mol. The SMILES string of the molecule is N#CCN(CCF)S(=O)(=O)Cc1cccc(C(F)(F)F)c1. The highest BCUT2D eigenvalue weighted by atomic mass is 32.2. The van der Waals surface area contributed by atoms with Crippen LogP contribution in [0.2, 0.25) is 0 Å². The Kier molecular flexibility index (Phi) is 5.69. The van der Waals surface area contributed by atoms with E-state index in [0.29, 0.717) is 4.31 Å². The van der Waals surface area contributed by atoms with Gasteiger partial charge in [-0.05, 0) is 11.6 Å². The molecule has 1 aromatic rings. The summed E-state index contributed by atoms with van der Waals surface area (Å²) < 4.78 is 74.5. The Bertz CT molecular complexity index is 623. The van der Waals surface area contributed by atoms with Crippen molar-refractivity contribution in [2.24, 2.45) is 0 Å². The van der Waals surface area contributed by atoms with E-state index >= 15 is 0 Å². The topological polar surface area (TPSA) is 61.2 Å². The van der Waals surface area contributed by atoms with Gasteiger partial charge in [-0.3, -0.25) is 0 Å². The lowest BCUT2D eigenvalue weighted by Crippen LogP contribution is -2.34. The van der Waals surface area contributed by atoms with Crippen LogP contribution in [0.15, 0.2) is 24.3 Å². The van der Waals surface area contributed by atoms with Gasteiger partial charge >= 0.3 is 6.18 Å². The van der Waals surface area contributed by atoms with Crippen molar-refractivity contribution in [2.45, 2.75) is 11.9 Å². The first kappa shape index (κ1) is 17.4. The van der Waals surface area contributed by atoms with Crippen LogP contribution < -0.4 is 0 Å². The molecule has 0 saturated heterocycles. The van der Waals surface area contributed by atoms with E-state index in [4.69, 9.17) is 5.26 Å². The summed E-state index contributed by atoms with van der Waals surface area (Å²) in [5, 5.41) is 8.52. The van der Waals surface area contributed by atoms with Crippen molar-refractivity contribution in [2.75, 3.05) is 19.8 Å². The summed E-state index contributed by atoms with van der Waals surface area (Å²) in [6.07, 6.45) is -4.58. The molecule has 0 radical (unpaired) electrons. The molecule has 0 aliphatic carbocycles. The van der Waals surface area contributed by atoms with Gasteiger partial charge in [-0.15, -0.1) is 0 Å². The van der Waals surface area contributed by atoms with Gasteiger partial charge in [-0.25, -0.2) is 12.8 Å². The summed E-state index contributed by atoms with van der Waals surface area (Å²) in [6, 6.07) is 5.45. The Morgan fingerprint density at radius 1 is 1.29 bits per heavy atom. The van der Waals surface area contributed by atoms with Crippen LogP contribution in [0.4, 0.5) is 17.6 Å². The first-order chi connectivity index (χ1) is 9.70. The molecule has 0 aliphatic rings. The summed E-state index contributed by atoms with van der Waals surface area (Å²) in [6.45, 7) is -2.04. The third kappa shape index (κ3) is 4.99. The second kappa shape index (κ2) is 6.87. The third-order valence-electron chi connectivity index (χ3n) is 2.58. The Balaban J connectivity index is 3.01. The molecule has 0 heterocycles. The number of nitrogens with zero attached hydrogens (tertiary/aromatic N) is 2. The molecule has 1 rings (SSSR count). The van der Waals surface area contributed by atoms with Gasteiger partial charge in [0.15, 0.2) is 0 Å². The van der Waals surface area contributed by atoms with Crippen LogP contribution in [0, 0.1) is 11.3 Å². The standard InChI is InChI=1S/C12H12F4N2O2S/c13-4-6-18(7-5-17)21(19,20)9-10-2-1-3-11(8-10)12(14,15)16/h1-3,8H,4,6-7,9H2. The Labute approximate surface area is 119 Å². The Morgan fingerprint density at radius 2 is 1.95 bits per heavy atom. The van der Waals surface area contributed by atoms with E-state index < -0.39 is 47.3 Å². The van der Waals surface area contributed by atoms with Gasteiger partial charge in [0.25, 0.3) is 0 Å². The lowest BCUT2D eigenvalue weighted by molar-refractivity contribution is -0.137. The van der Waals surface area contributed by atoms with E-state index in [1.165, 1.54) is 6.07 Å². The van der Waals surface area contributed by atoms with Gasteiger partial charge in [0.1, 0.15) is 13.2 Å². The first-order valence-corrected chi connectivity index (χ1v) is 7.38. The summed E-state index contributed by atoms with van der Waals surface area (Å²) in [4.78, 5) is 0. The van der Waals surface area contributed by atoms with Gasteiger partial charge in [-0.1, -0.05) is 18.2 Å². The number of rotatable bonds is 6. The first-order valence-electron chi connectivity index (χ1n) is 5.77. The van der Waals surface area contributed by atoms with Gasteiger partial charge in [0.2, 0.25) is 10.0 Å². The van der Waals surface area contributed by atoms with E-state index in [1.807, 2.05) is 0 Å². The zero-order valence-electron chi connectivity index (χ0n) is 10.8. The largest absolute Gasteiger partial charge is 0.416 e. The van der Waals surface area contributed by atoms with Crippen molar-refractivity contribution in [3.8, 4) is 6.07 Å². The molecule has 0 N–H and O–H groups in total. The van der Waals surface area contributed by atoms with Crippen LogP contribution in [-0.2, 0) is 22.0 Å². The van der Waals surface area contributed by atoms with Crippen LogP contribution >= 0.6 is 0 Å². The van der Waals surface area contributed by atoms with E-state index in [9.17, 15) is 26.0 Å². The zero-order valence-corrected chi connectivity index (χ0v) is 11.6. The number of hydrogen-bond acceptors (Lipinski definition) is 3. The molecular weight excluding hydrogens is 312 g/mol. The molecule has 0 aromatic heterocycles. The molecule has 0 bridgehead atoms. The van der Waals surface area contributed by atoms with E-state index in [-0.39, 0.29) is 5.56 Å². The van der Waals surface area contributed by atoms with Crippen LogP contribution in [0.5, 0.6) is 0 Å². The smallest absolute Gasteiger partial charge is 0.250 e. The zero-order chi connectivity index (χ0) is 16.1. The fourth-order valence-corrected chi connectivity index (χ4v) is 3.01. The average molecular weight is 324 g/mol. The third-order valence-corrected chi connectivity index (χ3v) is 4.37. The van der Waals surface area contributed by atoms with Crippen LogP contribution in [0.25, 0.3) is 0 Å². The van der Waals surface area contributed by atoms with Crippen molar-refractivity contribution in [3.63, 3.8) is 0 Å². The average Bonchev–Trinajstić information content (AvgIpc) is 2.37. The minimum absolute atomic E-state index is 0.0772. The Hall–Kier alpha value is -1.66. The molecule has 0 saturated carbocycles. The summed E-state index contributed by atoms with van der Waals surface area (Å²) in [5.41, 5.74) is -1.04. The molecule has 21 heavy (non-hydrogen) atoms. The van der Waals surface area contributed by atoms with Gasteiger partial charge in [-0.2, -0.15) is 22.7 Å². The quantitative estimate of drug-likeness (QED) is 0.596. The molecule has 0 atom stereocenters. The van der Waals surface area contributed by atoms with Crippen molar-refractivity contribution < 1.29 is 26.0 Å². The predicted octanol–water partition coefficient (Wildman–Crippen LogP) is 2.33. The molecule has 1 aromatic carbocycles. The number of hydrogen-bond donors (Lipinski definition) is 0. The highest BCUT2D eigenvalue weighted by molar-refractivity contribution is 7.88. The Morgan fingerprint density at radius 3 is 2.48 bits per heavy atom. The fraction of sp³-hybridized carbons (Fsp3) is 0.417. The van der Waals surface area contributed by atoms with Crippen molar-refractivity contribution in [1.82, 2.24) is 4.31 Å². The lowest BCUT2D eigenvalue weighted by atomic mass is 10.1. The number of sulfonamides is 1. The van der Waals surface area contributed by atoms with Crippen molar-refractivity contribution in [1.29, 1.82) is 5.26 Å². The van der Waals surface area contributed by atoms with Gasteiger partial charge < -0.3 is 0 Å². The number of nitriles is 1. The van der Waals surface area contributed by atoms with E-state index in [1.54, 1.807) is 6.07 Å². The summed E-state index contributed by atoms with van der Waals surface area (Å²) >= 11 is 0. The molecule has 0 spiro atoms. The maximum Gasteiger partial charge on any atom is 0.416 e. The summed E-state index contributed by atoms with van der Waals surface area (Å²) in [7, 11) is -4.06. The highest BCUT2D eigenvalue weighted by Gasteiger charge is 2.31. The van der Waals surface area contributed by atoms with Gasteiger partial charge in [0, 0.05) is 6.54 Å². The van der Waals surface area contributed by atoms with E-state index in [0.717, 1.165) is 18.2 Å². The maximum atomic E-state index is 12.5. The molecule has 0 aliphatic heterocycles. The second-order valence-electron chi connectivity index (χ2n) is 4.14. The number of benzene rings is 1. The number of alkyl halides is 4. The molecule has 9 heteroatoms. The molecule has 116 valence electrons. The van der Waals surface area contributed by atoms with Crippen LogP contribution in [0.3, 0.4) is 0 Å². The lowest BCUT2D eigenvalue weighted by Gasteiger charge is -2.18. The molecule has 0 fully saturated rings. The van der Waals surface area contributed by atoms with E-state index in [2.05, 4.69) is 0 Å². The highest BCUT2D eigenvalue weighted by Crippen LogP contribution is 2.30. The minimum Gasteiger partial charge on any atom is -0.250 e. The summed E-state index contributed by atoms with van der Waals surface area (Å²) in [5.74, 6) is -0.724. The molecule has 0 amide bonds. The minimum atomic E-state index is -4.58. The van der Waals surface area contributed by atoms with Crippen LogP contribution in [0.1, 0.15) is 11.1 Å². The maximum absolute atomic E-state index is 12.5. The van der Waals surface area contributed by atoms with Crippen molar-refractivity contribution >= 4 is 10.0 Å². The van der Waals surface area contributed by atoms with Crippen molar-refractivity contribution in [3.05, 3.63) is 35.4 Å².